The summed E-state index contributed by atoms with van der Waals surface area (Å²) >= 11 is 1.85. The number of anilines is 2. The van der Waals surface area contributed by atoms with Crippen LogP contribution in [0, 0.1) is 0 Å². The molecule has 0 bridgehead atoms. The molecule has 1 aromatic rings. The lowest BCUT2D eigenvalue weighted by molar-refractivity contribution is 0.763. The summed E-state index contributed by atoms with van der Waals surface area (Å²) in [7, 11) is 0. The van der Waals surface area contributed by atoms with Crippen molar-refractivity contribution in [3.8, 4) is 0 Å². The molecule has 1 atom stereocenters. The molecule has 0 radical (unpaired) electrons. The van der Waals surface area contributed by atoms with Crippen molar-refractivity contribution < 1.29 is 0 Å². The second kappa shape index (κ2) is 7.34. The van der Waals surface area contributed by atoms with Crippen molar-refractivity contribution in [3.63, 3.8) is 0 Å². The van der Waals surface area contributed by atoms with Crippen molar-refractivity contribution in [3.05, 3.63) is 11.9 Å². The summed E-state index contributed by atoms with van der Waals surface area (Å²) in [6.45, 7) is 4.18. The molecule has 6 heteroatoms. The minimum absolute atomic E-state index is 0.396. The smallest absolute Gasteiger partial charge is 0.145 e. The average molecular weight is 255 g/mol. The summed E-state index contributed by atoms with van der Waals surface area (Å²) in [5.74, 6) is 8.80. The van der Waals surface area contributed by atoms with E-state index in [0.29, 0.717) is 11.9 Å². The predicted octanol–water partition coefficient (Wildman–Crippen LogP) is 1.88. The molecular weight excluding hydrogens is 234 g/mol. The Balaban J connectivity index is 2.68. The molecule has 0 aliphatic carbocycles. The SMILES string of the molecule is CCc1nc(NN)cc(NC(C)CCSC)n1. The number of aromatic nitrogens is 2. The molecule has 1 heterocycles. The van der Waals surface area contributed by atoms with Gasteiger partial charge in [0.2, 0.25) is 0 Å². The quantitative estimate of drug-likeness (QED) is 0.510. The predicted molar refractivity (Wildman–Crippen MR) is 75.3 cm³/mol. The number of nitrogens with zero attached hydrogens (tertiary/aromatic N) is 2. The maximum Gasteiger partial charge on any atom is 0.145 e. The fourth-order valence-electron chi connectivity index (χ4n) is 1.42. The van der Waals surface area contributed by atoms with Gasteiger partial charge in [0.1, 0.15) is 17.5 Å². The Kier molecular flexibility index (Phi) is 6.07. The van der Waals surface area contributed by atoms with Crippen LogP contribution in [0.2, 0.25) is 0 Å². The number of hydrogen-bond donors (Lipinski definition) is 3. The van der Waals surface area contributed by atoms with Gasteiger partial charge in [-0.05, 0) is 25.4 Å². The number of nitrogens with one attached hydrogen (secondary N) is 2. The van der Waals surface area contributed by atoms with E-state index in [1.165, 1.54) is 0 Å². The monoisotopic (exact) mass is 255 g/mol. The highest BCUT2D eigenvalue weighted by atomic mass is 32.2. The largest absolute Gasteiger partial charge is 0.367 e. The van der Waals surface area contributed by atoms with Gasteiger partial charge >= 0.3 is 0 Å². The minimum Gasteiger partial charge on any atom is -0.367 e. The van der Waals surface area contributed by atoms with Gasteiger partial charge in [-0.15, -0.1) is 0 Å². The summed E-state index contributed by atoms with van der Waals surface area (Å²) in [6.07, 6.45) is 4.02. The lowest BCUT2D eigenvalue weighted by Gasteiger charge is -2.15. The molecule has 0 spiro atoms. The molecule has 0 aromatic carbocycles. The molecule has 0 amide bonds. The first-order chi connectivity index (χ1) is 8.19. The van der Waals surface area contributed by atoms with Crippen LogP contribution in [0.3, 0.4) is 0 Å². The van der Waals surface area contributed by atoms with Crippen LogP contribution in [-0.2, 0) is 6.42 Å². The number of nitrogens with two attached hydrogens (primary N) is 1. The summed E-state index contributed by atoms with van der Waals surface area (Å²) in [5.41, 5.74) is 2.56. The van der Waals surface area contributed by atoms with Crippen molar-refractivity contribution >= 4 is 23.4 Å². The standard InChI is InChI=1S/C11H21N5S/c1-4-9-14-10(7-11(15-9)16-12)13-8(2)5-6-17-3/h7-8H,4-6,12H2,1-3H3,(H2,13,14,15,16). The lowest BCUT2D eigenvalue weighted by Crippen LogP contribution is -2.18. The number of hydrogen-bond acceptors (Lipinski definition) is 6. The third-order valence-electron chi connectivity index (χ3n) is 2.39. The highest BCUT2D eigenvalue weighted by Gasteiger charge is 2.06. The lowest BCUT2D eigenvalue weighted by atomic mass is 10.2. The van der Waals surface area contributed by atoms with Crippen molar-refractivity contribution in [2.45, 2.75) is 32.7 Å². The number of rotatable bonds is 7. The average Bonchev–Trinajstić information content (AvgIpc) is 2.35. The molecule has 4 N–H and O–H groups in total. The molecule has 0 aliphatic heterocycles. The van der Waals surface area contributed by atoms with Gasteiger partial charge in [0.15, 0.2) is 0 Å². The van der Waals surface area contributed by atoms with Gasteiger partial charge in [0.25, 0.3) is 0 Å². The van der Waals surface area contributed by atoms with E-state index in [1.54, 1.807) is 0 Å². The zero-order chi connectivity index (χ0) is 12.7. The van der Waals surface area contributed by atoms with Crippen molar-refractivity contribution in [2.75, 3.05) is 22.8 Å². The highest BCUT2D eigenvalue weighted by molar-refractivity contribution is 7.98. The van der Waals surface area contributed by atoms with E-state index in [1.807, 2.05) is 24.8 Å². The number of nitrogen functional groups attached to an aromatic ring is 1. The number of aryl methyl sites for hydroxylation is 1. The molecule has 0 saturated heterocycles. The van der Waals surface area contributed by atoms with Gasteiger partial charge < -0.3 is 10.7 Å². The molecule has 1 unspecified atom stereocenters. The first kappa shape index (κ1) is 14.1. The fraction of sp³-hybridized carbons (Fsp3) is 0.636. The maximum absolute atomic E-state index is 5.38. The third kappa shape index (κ3) is 4.79. The van der Waals surface area contributed by atoms with Crippen LogP contribution in [0.15, 0.2) is 6.07 Å². The topological polar surface area (TPSA) is 75.9 Å². The van der Waals surface area contributed by atoms with Crippen molar-refractivity contribution in [1.82, 2.24) is 9.97 Å². The Labute approximate surface area is 107 Å². The molecular formula is C11H21N5S. The first-order valence-electron chi connectivity index (χ1n) is 5.79. The molecule has 0 aliphatic rings. The normalized spacial score (nSPS) is 12.2. The summed E-state index contributed by atoms with van der Waals surface area (Å²) in [6, 6.07) is 2.22. The van der Waals surface area contributed by atoms with E-state index in [2.05, 4.69) is 33.9 Å². The Morgan fingerprint density at radius 3 is 2.71 bits per heavy atom. The molecule has 1 rings (SSSR count). The number of hydrazine groups is 1. The van der Waals surface area contributed by atoms with Gasteiger partial charge in [-0.2, -0.15) is 11.8 Å². The van der Waals surface area contributed by atoms with Gasteiger partial charge in [-0.25, -0.2) is 15.8 Å². The van der Waals surface area contributed by atoms with Crippen LogP contribution in [0.4, 0.5) is 11.6 Å². The number of thioether (sulfide) groups is 1. The molecule has 0 saturated carbocycles. The summed E-state index contributed by atoms with van der Waals surface area (Å²) in [5, 5.41) is 3.37. The van der Waals surface area contributed by atoms with Gasteiger partial charge in [-0.3, -0.25) is 0 Å². The van der Waals surface area contributed by atoms with E-state index in [9.17, 15) is 0 Å². The van der Waals surface area contributed by atoms with Gasteiger partial charge in [0, 0.05) is 18.5 Å². The Hall–Kier alpha value is -1.01. The van der Waals surface area contributed by atoms with E-state index in [-0.39, 0.29) is 0 Å². The van der Waals surface area contributed by atoms with Crippen LogP contribution < -0.4 is 16.6 Å². The van der Waals surface area contributed by atoms with Gasteiger partial charge in [-0.1, -0.05) is 6.92 Å². The molecule has 17 heavy (non-hydrogen) atoms. The Morgan fingerprint density at radius 2 is 2.12 bits per heavy atom. The summed E-state index contributed by atoms with van der Waals surface area (Å²) < 4.78 is 0. The van der Waals surface area contributed by atoms with Crippen molar-refractivity contribution in [1.29, 1.82) is 0 Å². The molecule has 0 fully saturated rings. The van der Waals surface area contributed by atoms with E-state index in [0.717, 1.165) is 30.2 Å². The minimum atomic E-state index is 0.396. The van der Waals surface area contributed by atoms with E-state index < -0.39 is 0 Å². The maximum atomic E-state index is 5.38. The van der Waals surface area contributed by atoms with Crippen molar-refractivity contribution in [2.24, 2.45) is 5.84 Å². The molecule has 96 valence electrons. The van der Waals surface area contributed by atoms with Crippen LogP contribution in [0.25, 0.3) is 0 Å². The Bertz CT molecular complexity index is 322. The van der Waals surface area contributed by atoms with Gasteiger partial charge in [0.05, 0.1) is 0 Å². The molecule has 1 aromatic heterocycles. The Morgan fingerprint density at radius 1 is 1.41 bits per heavy atom. The zero-order valence-electron chi connectivity index (χ0n) is 10.7. The second-order valence-electron chi connectivity index (χ2n) is 3.88. The molecule has 5 nitrogen and oxygen atoms in total. The first-order valence-corrected chi connectivity index (χ1v) is 7.19. The third-order valence-corrected chi connectivity index (χ3v) is 3.03. The van der Waals surface area contributed by atoms with Crippen LogP contribution in [0.5, 0.6) is 0 Å². The van der Waals surface area contributed by atoms with Crippen LogP contribution >= 0.6 is 11.8 Å². The second-order valence-corrected chi connectivity index (χ2v) is 4.87. The van der Waals surface area contributed by atoms with E-state index >= 15 is 0 Å². The summed E-state index contributed by atoms with van der Waals surface area (Å²) in [4.78, 5) is 8.67. The van der Waals surface area contributed by atoms with Crippen LogP contribution in [0.1, 0.15) is 26.1 Å². The fourth-order valence-corrected chi connectivity index (χ4v) is 2.01. The van der Waals surface area contributed by atoms with Crippen LogP contribution in [-0.4, -0.2) is 28.0 Å². The van der Waals surface area contributed by atoms with E-state index in [4.69, 9.17) is 5.84 Å². The zero-order valence-corrected chi connectivity index (χ0v) is 11.5. The highest BCUT2D eigenvalue weighted by Crippen LogP contribution is 2.13.